The van der Waals surface area contributed by atoms with Crippen molar-refractivity contribution in [1.29, 1.82) is 0 Å². The standard InChI is InChI=1S/C12H14N4O4S/c1-19-9-4-3-8(10(5-9)20-2)6-16-12(13-14-15-16)21-7-11(17)18/h3-5H,6-7H2,1-2H3,(H,17,18). The molecule has 8 nitrogen and oxygen atoms in total. The third-order valence-corrected chi connectivity index (χ3v) is 3.58. The fraction of sp³-hybridized carbons (Fsp3) is 0.333. The molecule has 0 saturated heterocycles. The number of carbonyl (C=O) groups is 1. The van der Waals surface area contributed by atoms with E-state index < -0.39 is 5.97 Å². The van der Waals surface area contributed by atoms with Crippen LogP contribution in [0, 0.1) is 0 Å². The molecule has 2 rings (SSSR count). The van der Waals surface area contributed by atoms with Gasteiger partial charge in [-0.1, -0.05) is 11.8 Å². The van der Waals surface area contributed by atoms with Crippen molar-refractivity contribution < 1.29 is 19.4 Å². The van der Waals surface area contributed by atoms with E-state index in [0.717, 1.165) is 17.3 Å². The van der Waals surface area contributed by atoms with Crippen LogP contribution in [0.3, 0.4) is 0 Å². The molecule has 0 fully saturated rings. The van der Waals surface area contributed by atoms with E-state index in [1.807, 2.05) is 12.1 Å². The third-order valence-electron chi connectivity index (χ3n) is 2.64. The molecule has 21 heavy (non-hydrogen) atoms. The second kappa shape index (κ2) is 6.93. The van der Waals surface area contributed by atoms with Gasteiger partial charge in [-0.15, -0.1) is 5.10 Å². The van der Waals surface area contributed by atoms with Crippen molar-refractivity contribution in [3.63, 3.8) is 0 Å². The minimum atomic E-state index is -0.920. The molecule has 0 amide bonds. The molecule has 0 aliphatic rings. The summed E-state index contributed by atoms with van der Waals surface area (Å²) in [4.78, 5) is 10.6. The maximum atomic E-state index is 10.6. The van der Waals surface area contributed by atoms with Gasteiger partial charge in [-0.25, -0.2) is 4.68 Å². The van der Waals surface area contributed by atoms with E-state index in [4.69, 9.17) is 14.6 Å². The molecule has 0 atom stereocenters. The van der Waals surface area contributed by atoms with Crippen molar-refractivity contribution in [2.45, 2.75) is 11.7 Å². The summed E-state index contributed by atoms with van der Waals surface area (Å²) in [5.74, 6) is 0.323. The number of nitrogens with zero attached hydrogens (tertiary/aromatic N) is 4. The smallest absolute Gasteiger partial charge is 0.313 e. The van der Waals surface area contributed by atoms with E-state index in [2.05, 4.69) is 15.5 Å². The van der Waals surface area contributed by atoms with Crippen molar-refractivity contribution >= 4 is 17.7 Å². The number of carboxylic acids is 1. The van der Waals surface area contributed by atoms with Crippen LogP contribution in [0.1, 0.15) is 5.56 Å². The molecule has 0 radical (unpaired) electrons. The molecule has 1 aromatic carbocycles. The van der Waals surface area contributed by atoms with Gasteiger partial charge in [0.25, 0.3) is 0 Å². The van der Waals surface area contributed by atoms with Crippen molar-refractivity contribution in [3.8, 4) is 11.5 Å². The lowest BCUT2D eigenvalue weighted by molar-refractivity contribution is -0.133. The molecule has 9 heteroatoms. The van der Waals surface area contributed by atoms with Crippen LogP contribution in [0.5, 0.6) is 11.5 Å². The van der Waals surface area contributed by atoms with E-state index in [1.165, 1.54) is 4.68 Å². The quantitative estimate of drug-likeness (QED) is 0.754. The van der Waals surface area contributed by atoms with Gasteiger partial charge in [0.15, 0.2) is 0 Å². The summed E-state index contributed by atoms with van der Waals surface area (Å²) in [5.41, 5.74) is 0.864. The molecular formula is C12H14N4O4S. The van der Waals surface area contributed by atoms with Crippen LogP contribution in [-0.4, -0.2) is 51.3 Å². The number of hydrogen-bond acceptors (Lipinski definition) is 7. The van der Waals surface area contributed by atoms with Gasteiger partial charge in [0.05, 0.1) is 26.5 Å². The van der Waals surface area contributed by atoms with E-state index in [-0.39, 0.29) is 5.75 Å². The van der Waals surface area contributed by atoms with Crippen molar-refractivity contribution in [3.05, 3.63) is 23.8 Å². The molecule has 112 valence electrons. The number of tetrazole rings is 1. The van der Waals surface area contributed by atoms with Crippen LogP contribution < -0.4 is 9.47 Å². The van der Waals surface area contributed by atoms with Crippen molar-refractivity contribution in [2.24, 2.45) is 0 Å². The summed E-state index contributed by atoms with van der Waals surface area (Å²) in [6, 6.07) is 5.43. The zero-order valence-electron chi connectivity index (χ0n) is 11.5. The van der Waals surface area contributed by atoms with Gasteiger partial charge in [0.2, 0.25) is 5.16 Å². The van der Waals surface area contributed by atoms with Crippen LogP contribution >= 0.6 is 11.8 Å². The average molecular weight is 310 g/mol. The van der Waals surface area contributed by atoms with Crippen LogP contribution in [0.25, 0.3) is 0 Å². The number of aliphatic carboxylic acids is 1. The first-order valence-corrected chi connectivity index (χ1v) is 6.94. The molecule has 1 aromatic heterocycles. The Balaban J connectivity index is 2.18. The first-order chi connectivity index (χ1) is 10.1. The highest BCUT2D eigenvalue weighted by Crippen LogP contribution is 2.26. The monoisotopic (exact) mass is 310 g/mol. The SMILES string of the molecule is COc1ccc(Cn2nnnc2SCC(=O)O)c(OC)c1. The molecule has 2 aromatic rings. The van der Waals surface area contributed by atoms with Gasteiger partial charge in [0, 0.05) is 11.6 Å². The summed E-state index contributed by atoms with van der Waals surface area (Å²) in [6.45, 7) is 0.377. The molecule has 0 unspecified atom stereocenters. The molecule has 1 heterocycles. The third kappa shape index (κ3) is 3.85. The highest BCUT2D eigenvalue weighted by Gasteiger charge is 2.12. The van der Waals surface area contributed by atoms with Crippen LogP contribution in [-0.2, 0) is 11.3 Å². The minimum absolute atomic E-state index is 0.0971. The van der Waals surface area contributed by atoms with Crippen LogP contribution in [0.4, 0.5) is 0 Å². The zero-order chi connectivity index (χ0) is 15.2. The largest absolute Gasteiger partial charge is 0.497 e. The van der Waals surface area contributed by atoms with Gasteiger partial charge < -0.3 is 14.6 Å². The summed E-state index contributed by atoms with van der Waals surface area (Å²) < 4.78 is 12.0. The van der Waals surface area contributed by atoms with Crippen LogP contribution in [0.2, 0.25) is 0 Å². The van der Waals surface area contributed by atoms with Gasteiger partial charge in [-0.3, -0.25) is 4.79 Å². The van der Waals surface area contributed by atoms with E-state index in [0.29, 0.717) is 23.2 Å². The predicted octanol–water partition coefficient (Wildman–Crippen LogP) is 0.915. The summed E-state index contributed by atoms with van der Waals surface area (Å²) in [6.07, 6.45) is 0. The highest BCUT2D eigenvalue weighted by molar-refractivity contribution is 7.99. The second-order valence-corrected chi connectivity index (χ2v) is 4.92. The lowest BCUT2D eigenvalue weighted by atomic mass is 10.2. The van der Waals surface area contributed by atoms with Gasteiger partial charge in [-0.05, 0) is 22.6 Å². The molecule has 0 aliphatic heterocycles. The first-order valence-electron chi connectivity index (χ1n) is 5.95. The van der Waals surface area contributed by atoms with Gasteiger partial charge in [-0.2, -0.15) is 0 Å². The van der Waals surface area contributed by atoms with E-state index in [1.54, 1.807) is 20.3 Å². The Morgan fingerprint density at radius 1 is 1.38 bits per heavy atom. The predicted molar refractivity (Wildman–Crippen MR) is 74.8 cm³/mol. The minimum Gasteiger partial charge on any atom is -0.497 e. The van der Waals surface area contributed by atoms with E-state index >= 15 is 0 Å². The number of rotatable bonds is 7. The Morgan fingerprint density at radius 3 is 2.86 bits per heavy atom. The molecule has 0 saturated carbocycles. The Kier molecular flexibility index (Phi) is 4.99. The molecular weight excluding hydrogens is 296 g/mol. The molecule has 0 aliphatic carbocycles. The summed E-state index contributed by atoms with van der Waals surface area (Å²) in [5, 5.41) is 20.4. The molecule has 0 spiro atoms. The Bertz CT molecular complexity index is 631. The number of ether oxygens (including phenoxy) is 2. The number of methoxy groups -OCH3 is 2. The molecule has 0 bridgehead atoms. The maximum Gasteiger partial charge on any atom is 0.313 e. The Labute approximate surface area is 125 Å². The van der Waals surface area contributed by atoms with Gasteiger partial charge >= 0.3 is 5.97 Å². The number of hydrogen-bond donors (Lipinski definition) is 1. The summed E-state index contributed by atoms with van der Waals surface area (Å²) >= 11 is 1.06. The maximum absolute atomic E-state index is 10.6. The van der Waals surface area contributed by atoms with Crippen molar-refractivity contribution in [2.75, 3.05) is 20.0 Å². The topological polar surface area (TPSA) is 99.4 Å². The lowest BCUT2D eigenvalue weighted by Crippen LogP contribution is -2.07. The normalized spacial score (nSPS) is 10.4. The van der Waals surface area contributed by atoms with Crippen LogP contribution in [0.15, 0.2) is 23.4 Å². The first kappa shape index (κ1) is 15.1. The van der Waals surface area contributed by atoms with Crippen molar-refractivity contribution in [1.82, 2.24) is 20.2 Å². The number of benzene rings is 1. The summed E-state index contributed by atoms with van der Waals surface area (Å²) in [7, 11) is 3.15. The highest BCUT2D eigenvalue weighted by atomic mass is 32.2. The number of carboxylic acid groups (broad SMARTS) is 1. The molecule has 1 N–H and O–H groups in total. The fourth-order valence-electron chi connectivity index (χ4n) is 1.67. The van der Waals surface area contributed by atoms with Gasteiger partial charge in [0.1, 0.15) is 11.5 Å². The Morgan fingerprint density at radius 2 is 2.19 bits per heavy atom. The average Bonchev–Trinajstić information content (AvgIpc) is 2.92. The Hall–Kier alpha value is -2.29. The lowest BCUT2D eigenvalue weighted by Gasteiger charge is -2.10. The number of thioether (sulfide) groups is 1. The van der Waals surface area contributed by atoms with E-state index in [9.17, 15) is 4.79 Å². The second-order valence-electron chi connectivity index (χ2n) is 3.98. The zero-order valence-corrected chi connectivity index (χ0v) is 12.3. The number of aromatic nitrogens is 4. The fourth-order valence-corrected chi connectivity index (χ4v) is 2.27.